The van der Waals surface area contributed by atoms with Crippen molar-refractivity contribution in [1.82, 2.24) is 9.78 Å². The summed E-state index contributed by atoms with van der Waals surface area (Å²) in [6, 6.07) is 6.67. The van der Waals surface area contributed by atoms with E-state index in [4.69, 9.17) is 5.26 Å². The average molecular weight is 341 g/mol. The minimum atomic E-state index is -3.75. The highest BCUT2D eigenvalue weighted by Crippen LogP contribution is 2.23. The number of anilines is 1. The number of hydrogen-bond donors (Lipinski definition) is 1. The molecule has 0 unspecified atom stereocenters. The van der Waals surface area contributed by atoms with E-state index in [1.807, 2.05) is 6.07 Å². The van der Waals surface area contributed by atoms with Crippen LogP contribution in [0.5, 0.6) is 0 Å². The summed E-state index contributed by atoms with van der Waals surface area (Å²) in [7, 11) is -2.12. The van der Waals surface area contributed by atoms with Gasteiger partial charge in [-0.3, -0.25) is 9.40 Å². The molecule has 0 fully saturated rings. The van der Waals surface area contributed by atoms with Crippen molar-refractivity contribution in [2.45, 2.75) is 4.90 Å². The summed E-state index contributed by atoms with van der Waals surface area (Å²) in [6.45, 7) is 0. The second-order valence-electron chi connectivity index (χ2n) is 3.76. The summed E-state index contributed by atoms with van der Waals surface area (Å²) < 4.78 is 28.7. The zero-order valence-corrected chi connectivity index (χ0v) is 12.2. The molecule has 19 heavy (non-hydrogen) atoms. The fourth-order valence-electron chi connectivity index (χ4n) is 1.44. The Morgan fingerprint density at radius 3 is 2.79 bits per heavy atom. The third-order valence-corrected chi connectivity index (χ3v) is 4.15. The van der Waals surface area contributed by atoms with Gasteiger partial charge in [0, 0.05) is 17.7 Å². The lowest BCUT2D eigenvalue weighted by Crippen LogP contribution is -2.13. The largest absolute Gasteiger partial charge is 0.278 e. The summed E-state index contributed by atoms with van der Waals surface area (Å²) >= 11 is 3.23. The first-order valence-electron chi connectivity index (χ1n) is 5.13. The summed E-state index contributed by atoms with van der Waals surface area (Å²) in [5.74, 6) is 0. The number of benzene rings is 1. The van der Waals surface area contributed by atoms with Crippen molar-refractivity contribution >= 4 is 31.6 Å². The second-order valence-corrected chi connectivity index (χ2v) is 6.35. The molecule has 1 aromatic carbocycles. The number of hydrogen-bond acceptors (Lipinski definition) is 4. The van der Waals surface area contributed by atoms with Gasteiger partial charge in [-0.1, -0.05) is 15.9 Å². The van der Waals surface area contributed by atoms with E-state index >= 15 is 0 Å². The van der Waals surface area contributed by atoms with E-state index in [-0.39, 0.29) is 16.1 Å². The fourth-order valence-corrected chi connectivity index (χ4v) is 2.85. The van der Waals surface area contributed by atoms with Gasteiger partial charge in [0.05, 0.1) is 17.4 Å². The lowest BCUT2D eigenvalue weighted by atomic mass is 10.2. The predicted molar refractivity (Wildman–Crippen MR) is 72.9 cm³/mol. The maximum Gasteiger partial charge on any atom is 0.265 e. The van der Waals surface area contributed by atoms with E-state index < -0.39 is 10.0 Å². The molecule has 2 aromatic rings. The van der Waals surface area contributed by atoms with Crippen LogP contribution in [0.15, 0.2) is 40.0 Å². The number of rotatable bonds is 3. The van der Waals surface area contributed by atoms with Crippen LogP contribution in [0.4, 0.5) is 5.69 Å². The maximum atomic E-state index is 12.1. The molecule has 1 aromatic heterocycles. The molecule has 1 heterocycles. The molecule has 0 saturated carbocycles. The van der Waals surface area contributed by atoms with E-state index in [1.54, 1.807) is 13.1 Å². The van der Waals surface area contributed by atoms with Crippen LogP contribution in [0, 0.1) is 11.3 Å². The van der Waals surface area contributed by atoms with Crippen LogP contribution >= 0.6 is 15.9 Å². The fraction of sp³-hybridized carbons (Fsp3) is 0.0909. The Hall–Kier alpha value is -1.85. The molecule has 0 saturated heterocycles. The number of nitrogens with one attached hydrogen (secondary N) is 1. The van der Waals surface area contributed by atoms with Gasteiger partial charge in [0.15, 0.2) is 0 Å². The van der Waals surface area contributed by atoms with Gasteiger partial charge in [0.25, 0.3) is 10.0 Å². The number of halogens is 1. The lowest BCUT2D eigenvalue weighted by Gasteiger charge is -2.08. The van der Waals surface area contributed by atoms with Gasteiger partial charge < -0.3 is 0 Å². The highest BCUT2D eigenvalue weighted by molar-refractivity contribution is 9.10. The van der Waals surface area contributed by atoms with Crippen molar-refractivity contribution < 1.29 is 8.42 Å². The Morgan fingerprint density at radius 2 is 2.21 bits per heavy atom. The summed E-state index contributed by atoms with van der Waals surface area (Å²) in [5.41, 5.74) is 0.469. The highest BCUT2D eigenvalue weighted by atomic mass is 79.9. The first-order chi connectivity index (χ1) is 8.92. The van der Waals surface area contributed by atoms with Gasteiger partial charge in [-0.05, 0) is 18.2 Å². The Balaban J connectivity index is 2.41. The van der Waals surface area contributed by atoms with Crippen LogP contribution in [0.1, 0.15) is 5.56 Å². The molecule has 0 spiro atoms. The normalized spacial score (nSPS) is 11.0. The first kappa shape index (κ1) is 13.6. The monoisotopic (exact) mass is 340 g/mol. The van der Waals surface area contributed by atoms with Crippen LogP contribution in [-0.2, 0) is 17.1 Å². The minimum Gasteiger partial charge on any atom is -0.278 e. The van der Waals surface area contributed by atoms with Crippen molar-refractivity contribution in [2.75, 3.05) is 4.72 Å². The SMILES string of the molecule is Cn1cc(S(=O)(=O)Nc2cc(Br)ccc2C#N)cn1. The molecule has 2 rings (SSSR count). The Kier molecular flexibility index (Phi) is 3.59. The number of nitriles is 1. The summed E-state index contributed by atoms with van der Waals surface area (Å²) in [5, 5.41) is 12.8. The van der Waals surface area contributed by atoms with Crippen LogP contribution in [0.25, 0.3) is 0 Å². The van der Waals surface area contributed by atoms with Gasteiger partial charge in [-0.2, -0.15) is 10.4 Å². The molecule has 1 N–H and O–H groups in total. The van der Waals surface area contributed by atoms with Crippen molar-refractivity contribution in [3.05, 3.63) is 40.6 Å². The summed E-state index contributed by atoms with van der Waals surface area (Å²) in [6.07, 6.45) is 2.62. The molecule has 0 amide bonds. The Morgan fingerprint density at radius 1 is 1.47 bits per heavy atom. The number of aryl methyl sites for hydroxylation is 1. The topological polar surface area (TPSA) is 87.8 Å². The maximum absolute atomic E-state index is 12.1. The van der Waals surface area contributed by atoms with Crippen LogP contribution < -0.4 is 4.72 Å². The van der Waals surface area contributed by atoms with Gasteiger partial charge >= 0.3 is 0 Å². The smallest absolute Gasteiger partial charge is 0.265 e. The molecule has 0 bridgehead atoms. The van der Waals surface area contributed by atoms with Crippen LogP contribution in [0.2, 0.25) is 0 Å². The van der Waals surface area contributed by atoms with Crippen LogP contribution in [-0.4, -0.2) is 18.2 Å². The van der Waals surface area contributed by atoms with Crippen molar-refractivity contribution in [3.63, 3.8) is 0 Å². The first-order valence-corrected chi connectivity index (χ1v) is 7.41. The third-order valence-electron chi connectivity index (χ3n) is 2.34. The molecule has 0 atom stereocenters. The molecular weight excluding hydrogens is 332 g/mol. The standard InChI is InChI=1S/C11H9BrN4O2S/c1-16-7-10(6-14-16)19(17,18)15-11-4-9(12)3-2-8(11)5-13/h2-4,6-7,15H,1H3. The number of nitrogens with zero attached hydrogens (tertiary/aromatic N) is 3. The van der Waals surface area contributed by atoms with Gasteiger partial charge in [0.2, 0.25) is 0 Å². The minimum absolute atomic E-state index is 0.0406. The quantitative estimate of drug-likeness (QED) is 0.923. The van der Waals surface area contributed by atoms with E-state index in [1.165, 1.54) is 29.2 Å². The van der Waals surface area contributed by atoms with Crippen molar-refractivity contribution in [1.29, 1.82) is 5.26 Å². The van der Waals surface area contributed by atoms with Gasteiger partial charge in [0.1, 0.15) is 11.0 Å². The van der Waals surface area contributed by atoms with Crippen LogP contribution in [0.3, 0.4) is 0 Å². The third kappa shape index (κ3) is 2.94. The molecular formula is C11H9BrN4O2S. The van der Waals surface area contributed by atoms with E-state index in [9.17, 15) is 8.42 Å². The average Bonchev–Trinajstić information content (AvgIpc) is 2.76. The highest BCUT2D eigenvalue weighted by Gasteiger charge is 2.18. The summed E-state index contributed by atoms with van der Waals surface area (Å²) in [4.78, 5) is 0.0406. The molecule has 0 aliphatic rings. The Bertz CT molecular complexity index is 761. The zero-order valence-electron chi connectivity index (χ0n) is 9.83. The predicted octanol–water partition coefficient (Wildman–Crippen LogP) is 1.86. The zero-order chi connectivity index (χ0) is 14.0. The molecule has 6 nitrogen and oxygen atoms in total. The van der Waals surface area contributed by atoms with Gasteiger partial charge in [-0.25, -0.2) is 8.42 Å². The van der Waals surface area contributed by atoms with E-state index in [2.05, 4.69) is 25.8 Å². The Labute approximate surface area is 118 Å². The molecule has 0 aliphatic carbocycles. The molecule has 8 heteroatoms. The lowest BCUT2D eigenvalue weighted by molar-refractivity contribution is 0.601. The second kappa shape index (κ2) is 5.03. The van der Waals surface area contributed by atoms with Crippen molar-refractivity contribution in [2.24, 2.45) is 7.05 Å². The van der Waals surface area contributed by atoms with Crippen molar-refractivity contribution in [3.8, 4) is 6.07 Å². The van der Waals surface area contributed by atoms with E-state index in [0.717, 1.165) is 0 Å². The van der Waals surface area contributed by atoms with E-state index in [0.29, 0.717) is 4.47 Å². The molecule has 0 aliphatic heterocycles. The number of sulfonamides is 1. The van der Waals surface area contributed by atoms with Gasteiger partial charge in [-0.15, -0.1) is 0 Å². The molecule has 0 radical (unpaired) electrons. The number of aromatic nitrogens is 2. The molecule has 98 valence electrons.